The Bertz CT molecular complexity index is 1860. The maximum atomic E-state index is 14.0. The molecular formula is C33H32N2O7S. The first-order valence-corrected chi connectivity index (χ1v) is 14.5. The van der Waals surface area contributed by atoms with E-state index in [1.165, 1.54) is 23.0 Å². The molecule has 4 aromatic rings. The standard InChI is InChI=1S/C33H32N2O7S/c1-6-41-32(37)29-20(2)34-33-35(30(29)24-14-13-23(38-3)18-26(24)39-4)31(36)28(43-33)17-22-12-15-25(27(16-22)40-5)42-19-21-10-8-7-9-11-21/h7-18,30H,6,19H2,1-5H3. The van der Waals surface area contributed by atoms with Crippen molar-refractivity contribution in [1.29, 1.82) is 0 Å². The molecule has 0 fully saturated rings. The van der Waals surface area contributed by atoms with Crippen molar-refractivity contribution in [3.05, 3.63) is 114 Å². The SMILES string of the molecule is CCOC(=O)C1=C(C)N=c2sc(=Cc3ccc(OCc4ccccc4)c(OC)c3)c(=O)n2C1c1ccc(OC)cc1OC. The maximum absolute atomic E-state index is 14.0. The van der Waals surface area contributed by atoms with Gasteiger partial charge in [-0.25, -0.2) is 9.79 Å². The van der Waals surface area contributed by atoms with Gasteiger partial charge in [-0.15, -0.1) is 0 Å². The molecule has 1 aliphatic heterocycles. The van der Waals surface area contributed by atoms with E-state index in [1.54, 1.807) is 52.3 Å². The monoisotopic (exact) mass is 600 g/mol. The number of hydrogen-bond donors (Lipinski definition) is 0. The first-order valence-electron chi connectivity index (χ1n) is 13.6. The van der Waals surface area contributed by atoms with E-state index in [1.807, 2.05) is 48.5 Å². The van der Waals surface area contributed by atoms with Crippen LogP contribution in [0, 0.1) is 0 Å². The molecule has 0 saturated heterocycles. The van der Waals surface area contributed by atoms with Crippen molar-refractivity contribution < 1.29 is 28.5 Å². The molecule has 1 unspecified atom stereocenters. The van der Waals surface area contributed by atoms with Crippen molar-refractivity contribution in [3.63, 3.8) is 0 Å². The lowest BCUT2D eigenvalue weighted by Gasteiger charge is -2.26. The normalized spacial score (nSPS) is 14.5. The second kappa shape index (κ2) is 13.0. The fraction of sp³-hybridized carbons (Fsp3) is 0.242. The van der Waals surface area contributed by atoms with E-state index >= 15 is 0 Å². The van der Waals surface area contributed by atoms with Gasteiger partial charge in [0.15, 0.2) is 16.3 Å². The number of aromatic nitrogens is 1. The topological polar surface area (TPSA) is 97.6 Å². The smallest absolute Gasteiger partial charge is 0.338 e. The Hall–Kier alpha value is -4.83. The molecule has 222 valence electrons. The maximum Gasteiger partial charge on any atom is 0.338 e. The van der Waals surface area contributed by atoms with Crippen LogP contribution < -0.4 is 33.8 Å². The molecule has 0 bridgehead atoms. The van der Waals surface area contributed by atoms with Gasteiger partial charge < -0.3 is 23.7 Å². The van der Waals surface area contributed by atoms with Gasteiger partial charge in [-0.2, -0.15) is 0 Å². The molecule has 0 radical (unpaired) electrons. The highest BCUT2D eigenvalue weighted by atomic mass is 32.1. The molecule has 0 spiro atoms. The predicted octanol–water partition coefficient (Wildman–Crippen LogP) is 4.40. The van der Waals surface area contributed by atoms with Crippen molar-refractivity contribution >= 4 is 23.4 Å². The van der Waals surface area contributed by atoms with E-state index in [0.29, 0.717) is 50.2 Å². The van der Waals surface area contributed by atoms with Crippen molar-refractivity contribution in [2.24, 2.45) is 4.99 Å². The number of ether oxygens (including phenoxy) is 5. The molecule has 43 heavy (non-hydrogen) atoms. The summed E-state index contributed by atoms with van der Waals surface area (Å²) in [5.74, 6) is 1.63. The van der Waals surface area contributed by atoms with Crippen molar-refractivity contribution in [2.75, 3.05) is 27.9 Å². The van der Waals surface area contributed by atoms with E-state index < -0.39 is 12.0 Å². The molecule has 0 saturated carbocycles. The number of benzene rings is 3. The van der Waals surface area contributed by atoms with Gasteiger partial charge >= 0.3 is 5.97 Å². The van der Waals surface area contributed by atoms with Gasteiger partial charge in [-0.1, -0.05) is 47.7 Å². The average molecular weight is 601 g/mol. The zero-order chi connectivity index (χ0) is 30.5. The van der Waals surface area contributed by atoms with Crippen LogP contribution in [0.1, 0.15) is 36.6 Å². The number of thiazole rings is 1. The van der Waals surface area contributed by atoms with Crippen LogP contribution >= 0.6 is 11.3 Å². The molecule has 0 N–H and O–H groups in total. The molecule has 2 heterocycles. The van der Waals surface area contributed by atoms with Crippen molar-refractivity contribution in [2.45, 2.75) is 26.5 Å². The summed E-state index contributed by atoms with van der Waals surface area (Å²) in [5, 5.41) is 0. The molecule has 0 aliphatic carbocycles. The quantitative estimate of drug-likeness (QED) is 0.249. The number of carbonyl (C=O) groups excluding carboxylic acids is 1. The van der Waals surface area contributed by atoms with Crippen molar-refractivity contribution in [1.82, 2.24) is 4.57 Å². The van der Waals surface area contributed by atoms with Crippen LogP contribution in [0.25, 0.3) is 6.08 Å². The Kier molecular flexibility index (Phi) is 8.96. The summed E-state index contributed by atoms with van der Waals surface area (Å²) < 4.78 is 30.0. The van der Waals surface area contributed by atoms with Crippen LogP contribution in [0.2, 0.25) is 0 Å². The Labute approximate surface area is 252 Å². The zero-order valence-electron chi connectivity index (χ0n) is 24.6. The van der Waals surface area contributed by atoms with Gasteiger partial charge in [0.25, 0.3) is 5.56 Å². The van der Waals surface area contributed by atoms with Crippen LogP contribution in [0.3, 0.4) is 0 Å². The fourth-order valence-corrected chi connectivity index (χ4v) is 5.96. The highest BCUT2D eigenvalue weighted by Crippen LogP contribution is 2.37. The summed E-state index contributed by atoms with van der Waals surface area (Å²) in [6.45, 7) is 4.05. The number of fused-ring (bicyclic) bond motifs is 1. The predicted molar refractivity (Wildman–Crippen MR) is 164 cm³/mol. The van der Waals surface area contributed by atoms with Gasteiger partial charge in [0, 0.05) is 11.6 Å². The molecule has 5 rings (SSSR count). The number of nitrogens with zero attached hydrogens (tertiary/aromatic N) is 2. The van der Waals surface area contributed by atoms with E-state index in [4.69, 9.17) is 23.7 Å². The highest BCUT2D eigenvalue weighted by molar-refractivity contribution is 7.07. The van der Waals surface area contributed by atoms with Gasteiger partial charge in [0.1, 0.15) is 24.1 Å². The lowest BCUT2D eigenvalue weighted by molar-refractivity contribution is -0.139. The van der Waals surface area contributed by atoms with Crippen LogP contribution in [0.5, 0.6) is 23.0 Å². The summed E-state index contributed by atoms with van der Waals surface area (Å²) in [5.41, 5.74) is 2.82. The Morgan fingerprint density at radius 1 is 0.953 bits per heavy atom. The summed E-state index contributed by atoms with van der Waals surface area (Å²) in [7, 11) is 4.66. The minimum absolute atomic E-state index is 0.180. The number of esters is 1. The van der Waals surface area contributed by atoms with E-state index in [2.05, 4.69) is 4.99 Å². The van der Waals surface area contributed by atoms with Crippen LogP contribution in [0.4, 0.5) is 0 Å². The number of allylic oxidation sites excluding steroid dienone is 1. The molecule has 1 atom stereocenters. The highest BCUT2D eigenvalue weighted by Gasteiger charge is 2.35. The van der Waals surface area contributed by atoms with E-state index in [-0.39, 0.29) is 17.7 Å². The second-order valence-corrected chi connectivity index (χ2v) is 10.6. The third-order valence-electron chi connectivity index (χ3n) is 6.97. The third kappa shape index (κ3) is 6.05. The molecule has 0 amide bonds. The fourth-order valence-electron chi connectivity index (χ4n) is 4.91. The Balaban J connectivity index is 1.59. The molecule has 3 aromatic carbocycles. The number of carbonyl (C=O) groups is 1. The van der Waals surface area contributed by atoms with Gasteiger partial charge in [0.05, 0.1) is 43.7 Å². The van der Waals surface area contributed by atoms with Gasteiger partial charge in [-0.3, -0.25) is 9.36 Å². The summed E-state index contributed by atoms with van der Waals surface area (Å²) >= 11 is 1.24. The summed E-state index contributed by atoms with van der Waals surface area (Å²) in [4.78, 5) is 32.4. The van der Waals surface area contributed by atoms with Crippen LogP contribution in [0.15, 0.2) is 87.8 Å². The van der Waals surface area contributed by atoms with Gasteiger partial charge in [0.2, 0.25) is 0 Å². The lowest BCUT2D eigenvalue weighted by atomic mass is 9.95. The first-order chi connectivity index (χ1) is 20.9. The summed E-state index contributed by atoms with van der Waals surface area (Å²) in [6, 6.07) is 19.8. The van der Waals surface area contributed by atoms with Crippen molar-refractivity contribution in [3.8, 4) is 23.0 Å². The van der Waals surface area contributed by atoms with E-state index in [9.17, 15) is 9.59 Å². The number of hydrogen-bond acceptors (Lipinski definition) is 9. The molecule has 1 aliphatic rings. The van der Waals surface area contributed by atoms with Crippen LogP contribution in [-0.2, 0) is 16.1 Å². The molecular weight excluding hydrogens is 568 g/mol. The van der Waals surface area contributed by atoms with Crippen LogP contribution in [-0.4, -0.2) is 38.5 Å². The Morgan fingerprint density at radius 2 is 1.72 bits per heavy atom. The second-order valence-electron chi connectivity index (χ2n) is 9.59. The van der Waals surface area contributed by atoms with E-state index in [0.717, 1.165) is 11.1 Å². The largest absolute Gasteiger partial charge is 0.497 e. The number of rotatable bonds is 10. The molecule has 9 nitrogen and oxygen atoms in total. The minimum Gasteiger partial charge on any atom is -0.497 e. The minimum atomic E-state index is -0.818. The van der Waals surface area contributed by atoms with Gasteiger partial charge in [-0.05, 0) is 55.3 Å². The summed E-state index contributed by atoms with van der Waals surface area (Å²) in [6.07, 6.45) is 1.78. The molecule has 1 aromatic heterocycles. The Morgan fingerprint density at radius 3 is 2.42 bits per heavy atom. The average Bonchev–Trinajstić information content (AvgIpc) is 3.33. The number of methoxy groups -OCH3 is 3. The zero-order valence-corrected chi connectivity index (χ0v) is 25.4. The first kappa shape index (κ1) is 29.7. The molecule has 10 heteroatoms. The third-order valence-corrected chi connectivity index (χ3v) is 7.96. The lowest BCUT2D eigenvalue weighted by Crippen LogP contribution is -2.40.